The molecule has 1 fully saturated rings. The lowest BCUT2D eigenvalue weighted by atomic mass is 10.5. The van der Waals surface area contributed by atoms with E-state index < -0.39 is 13.5 Å². The molecule has 84 valence electrons. The van der Waals surface area contributed by atoms with E-state index in [1.165, 1.54) is 4.67 Å². The normalized spacial score (nSPS) is 33.8. The van der Waals surface area contributed by atoms with Crippen LogP contribution in [-0.4, -0.2) is 42.6 Å². The van der Waals surface area contributed by atoms with E-state index in [1.807, 2.05) is 0 Å². The molecule has 0 aromatic rings. The number of alkyl halides is 2. The van der Waals surface area contributed by atoms with Gasteiger partial charge in [-0.05, 0) is 6.42 Å². The molecule has 1 atom stereocenters. The molecule has 0 bridgehead atoms. The number of hydrogen-bond donors (Lipinski definition) is 1. The van der Waals surface area contributed by atoms with E-state index in [-0.39, 0.29) is 25.6 Å². The van der Waals surface area contributed by atoms with E-state index in [1.54, 1.807) is 0 Å². The van der Waals surface area contributed by atoms with Gasteiger partial charge in [-0.15, -0.1) is 23.2 Å². The zero-order chi connectivity index (χ0) is 13.1. The minimum Gasteiger partial charge on any atom is -0.306 e. The minimum absolute atomic E-state index is 0.153. The second-order valence-electron chi connectivity index (χ2n) is 2.75. The van der Waals surface area contributed by atoms with E-state index in [0.29, 0.717) is 13.0 Å². The van der Waals surface area contributed by atoms with Crippen molar-refractivity contribution in [2.75, 3.05) is 38.0 Å². The van der Waals surface area contributed by atoms with Gasteiger partial charge in [0.15, 0.2) is 0 Å². The Morgan fingerprint density at radius 2 is 2.43 bits per heavy atom. The molecule has 14 heavy (non-hydrogen) atoms. The van der Waals surface area contributed by atoms with Gasteiger partial charge in [0.2, 0.25) is 0 Å². The summed E-state index contributed by atoms with van der Waals surface area (Å²) in [6, 6.07) is 0. The standard InChI is InChI=1S/C7H15Cl2N2O2P/c8-2-5-11(6-3-9)14(12)10-4-1-7-13-14/h1-7H2,(H,10,12)/i2D2/hD. The molecule has 7 heteroatoms. The van der Waals surface area contributed by atoms with Gasteiger partial charge in [-0.2, -0.15) is 0 Å². The van der Waals surface area contributed by atoms with Crippen molar-refractivity contribution in [3.05, 3.63) is 0 Å². The van der Waals surface area contributed by atoms with Gasteiger partial charge in [-0.25, -0.2) is 9.75 Å². The topological polar surface area (TPSA) is 41.6 Å². The minimum atomic E-state index is -3.50. The summed E-state index contributed by atoms with van der Waals surface area (Å²) in [6.45, 7) is 0.465. The molecule has 1 saturated heterocycles. The predicted octanol–water partition coefficient (Wildman–Crippen LogP) is 1.88. The molecule has 0 saturated carbocycles. The maximum absolute atomic E-state index is 12.5. The zero-order valence-corrected chi connectivity index (χ0v) is 10.1. The molecule has 1 aliphatic rings. The summed E-state index contributed by atoms with van der Waals surface area (Å²) in [4.78, 5) is 0. The van der Waals surface area contributed by atoms with Crippen LogP contribution in [0, 0.1) is 0 Å². The van der Waals surface area contributed by atoms with Gasteiger partial charge in [-0.1, -0.05) is 0 Å². The molecular weight excluding hydrogens is 246 g/mol. The summed E-state index contributed by atoms with van der Waals surface area (Å²) in [5.74, 6) is -1.88. The van der Waals surface area contributed by atoms with Gasteiger partial charge in [0.1, 0.15) is 1.41 Å². The average molecular weight is 264 g/mol. The van der Waals surface area contributed by atoms with Crippen LogP contribution >= 0.6 is 30.9 Å². The van der Waals surface area contributed by atoms with Crippen LogP contribution in [0.2, 0.25) is 1.41 Å². The van der Waals surface area contributed by atoms with Crippen LogP contribution in [0.4, 0.5) is 0 Å². The van der Waals surface area contributed by atoms with Crippen molar-refractivity contribution < 1.29 is 13.2 Å². The van der Waals surface area contributed by atoms with E-state index in [4.69, 9.17) is 31.9 Å². The summed E-state index contributed by atoms with van der Waals surface area (Å²) in [7, 11) is -3.50. The Balaban J connectivity index is 2.84. The SMILES string of the molecule is [2H]N1CCCOP1(=O)N(CCCl)CC([2H])([2H])Cl. The third kappa shape index (κ3) is 3.37. The van der Waals surface area contributed by atoms with Crippen LogP contribution in [0.5, 0.6) is 0 Å². The molecule has 1 rings (SSSR count). The van der Waals surface area contributed by atoms with Gasteiger partial charge in [0, 0.05) is 34.1 Å². The van der Waals surface area contributed by atoms with Gasteiger partial charge >= 0.3 is 7.67 Å². The Bertz CT molecular complexity index is 305. The first-order chi connectivity index (χ1) is 7.79. The molecule has 1 N–H and O–H groups in total. The zero-order valence-electron chi connectivity index (χ0n) is 10.7. The Hall–Kier alpha value is 0.690. The molecule has 4 nitrogen and oxygen atoms in total. The van der Waals surface area contributed by atoms with E-state index in [0.717, 1.165) is 5.08 Å². The first kappa shape index (κ1) is 8.80. The lowest BCUT2D eigenvalue weighted by molar-refractivity contribution is 0.233. The van der Waals surface area contributed by atoms with Gasteiger partial charge in [0.25, 0.3) is 0 Å². The lowest BCUT2D eigenvalue weighted by Crippen LogP contribution is -2.35. The van der Waals surface area contributed by atoms with Crippen molar-refractivity contribution in [3.63, 3.8) is 0 Å². The summed E-state index contributed by atoms with van der Waals surface area (Å²) < 4.78 is 41.1. The Labute approximate surface area is 98.7 Å². The highest BCUT2D eigenvalue weighted by Crippen LogP contribution is 2.47. The number of halogens is 2. The van der Waals surface area contributed by atoms with Crippen molar-refractivity contribution in [3.8, 4) is 0 Å². The van der Waals surface area contributed by atoms with Crippen LogP contribution in [0.3, 0.4) is 0 Å². The summed E-state index contributed by atoms with van der Waals surface area (Å²) in [5, 5.41) is 0.867. The van der Waals surface area contributed by atoms with Crippen LogP contribution < -0.4 is 5.08 Å². The highest BCUT2D eigenvalue weighted by Gasteiger charge is 2.32. The Kier molecular flexibility index (Phi) is 3.97. The summed E-state index contributed by atoms with van der Waals surface area (Å²) >= 11 is 11.1. The molecule has 0 radical (unpaired) electrons. The summed E-state index contributed by atoms with van der Waals surface area (Å²) in [6.07, 6.45) is 0.621. The fraction of sp³-hybridized carbons (Fsp3) is 1.00. The number of nitrogens with one attached hydrogen (secondary N) is 1. The maximum atomic E-state index is 12.5. The number of hydrogen-bond acceptors (Lipinski definition) is 2. The van der Waals surface area contributed by atoms with E-state index in [9.17, 15) is 4.57 Å². The first-order valence-electron chi connectivity index (χ1n) is 5.76. The van der Waals surface area contributed by atoms with Gasteiger partial charge < -0.3 is 4.52 Å². The molecule has 1 aliphatic heterocycles. The van der Waals surface area contributed by atoms with Crippen LogP contribution in [0.25, 0.3) is 0 Å². The quantitative estimate of drug-likeness (QED) is 0.608. The molecule has 0 amide bonds. The smallest absolute Gasteiger partial charge is 0.306 e. The fourth-order valence-corrected chi connectivity index (χ4v) is 3.45. The van der Waals surface area contributed by atoms with Crippen molar-refractivity contribution in [2.24, 2.45) is 0 Å². The van der Waals surface area contributed by atoms with Crippen molar-refractivity contribution in [1.82, 2.24) is 9.75 Å². The second-order valence-corrected chi connectivity index (χ2v) is 5.49. The average Bonchev–Trinajstić information content (AvgIpc) is 2.20. The van der Waals surface area contributed by atoms with Gasteiger partial charge in [-0.3, -0.25) is 4.57 Å². The lowest BCUT2D eigenvalue weighted by Gasteiger charge is -2.33. The molecular formula is C7H15Cl2N2O2P. The first-order valence-corrected chi connectivity index (χ1v) is 6.76. The highest BCUT2D eigenvalue weighted by atomic mass is 35.5. The predicted molar refractivity (Wildman–Crippen MR) is 59.2 cm³/mol. The Morgan fingerprint density at radius 1 is 1.64 bits per heavy atom. The molecule has 0 aliphatic carbocycles. The number of rotatable bonds is 5. The Morgan fingerprint density at radius 3 is 3.00 bits per heavy atom. The third-order valence-corrected chi connectivity index (χ3v) is 4.20. The second kappa shape index (κ2) is 6.31. The summed E-state index contributed by atoms with van der Waals surface area (Å²) in [5.41, 5.74) is 0. The maximum Gasteiger partial charge on any atom is 0.343 e. The molecule has 1 unspecified atom stereocenters. The van der Waals surface area contributed by atoms with Crippen LogP contribution in [0.15, 0.2) is 0 Å². The van der Waals surface area contributed by atoms with Crippen molar-refractivity contribution >= 4 is 30.9 Å². The molecule has 0 aromatic carbocycles. The fourth-order valence-electron chi connectivity index (χ4n) is 1.12. The molecule has 0 spiro atoms. The molecule has 1 heterocycles. The van der Waals surface area contributed by atoms with Crippen LogP contribution in [0.1, 0.15) is 9.16 Å². The van der Waals surface area contributed by atoms with E-state index >= 15 is 0 Å². The monoisotopic (exact) mass is 263 g/mol. The number of nitrogens with zero attached hydrogens (tertiary/aromatic N) is 1. The van der Waals surface area contributed by atoms with Crippen molar-refractivity contribution in [1.29, 1.82) is 0 Å². The van der Waals surface area contributed by atoms with Crippen LogP contribution in [-0.2, 0) is 9.09 Å². The van der Waals surface area contributed by atoms with E-state index in [2.05, 4.69) is 0 Å². The van der Waals surface area contributed by atoms with Crippen molar-refractivity contribution in [2.45, 2.75) is 6.42 Å². The third-order valence-electron chi connectivity index (χ3n) is 1.78. The largest absolute Gasteiger partial charge is 0.343 e. The van der Waals surface area contributed by atoms with Gasteiger partial charge in [0.05, 0.1) is 6.61 Å². The molecule has 0 aromatic heterocycles. The highest BCUT2D eigenvalue weighted by molar-refractivity contribution is 7.54.